The molecule has 0 spiro atoms. The third kappa shape index (κ3) is 35.4. The van der Waals surface area contributed by atoms with Crippen LogP contribution in [0.1, 0.15) is 136 Å². The summed E-state index contributed by atoms with van der Waals surface area (Å²) in [7, 11) is 0. The molecule has 0 fully saturated rings. The number of unbranched alkanes of at least 4 members (excludes halogenated alkanes) is 15. The summed E-state index contributed by atoms with van der Waals surface area (Å²) in [5, 5.41) is 0. The van der Waals surface area contributed by atoms with E-state index < -0.39 is 15.5 Å². The maximum atomic E-state index is 8.62. The van der Waals surface area contributed by atoms with Crippen molar-refractivity contribution in [1.82, 2.24) is 0 Å². The molecule has 0 atom stereocenters. The first-order valence-corrected chi connectivity index (χ1v) is 15.8. The Morgan fingerprint density at radius 1 is 0.467 bits per heavy atom. The first-order valence-electron chi connectivity index (χ1n) is 12.8. The van der Waals surface area contributed by atoms with E-state index in [0.29, 0.717) is 0 Å². The van der Waals surface area contributed by atoms with E-state index >= 15 is 0 Å². The van der Waals surface area contributed by atoms with Crippen molar-refractivity contribution in [3.05, 3.63) is 0 Å². The molecule has 5 nitrogen and oxygen atoms in total. The molecule has 0 saturated heterocycles. The molecule has 0 aliphatic rings. The molecule has 0 radical (unpaired) electrons. The van der Waals surface area contributed by atoms with Crippen LogP contribution in [0.4, 0.5) is 0 Å². The first kappa shape index (κ1) is 32.2. The Bertz CT molecular complexity index is 422. The van der Waals surface area contributed by atoms with Crippen molar-refractivity contribution in [2.24, 2.45) is 0 Å². The second kappa shape index (κ2) is 25.2. The van der Waals surface area contributed by atoms with Gasteiger partial charge >= 0.3 is 29.9 Å². The molecule has 30 heavy (non-hydrogen) atoms. The van der Waals surface area contributed by atoms with Gasteiger partial charge in [0, 0.05) is 0 Å². The Kier molecular flexibility index (Phi) is 27.0. The van der Waals surface area contributed by atoms with E-state index in [-0.39, 0.29) is 0 Å². The van der Waals surface area contributed by atoms with Crippen molar-refractivity contribution in [2.45, 2.75) is 136 Å². The quantitative estimate of drug-likeness (QED) is 0.207. The van der Waals surface area contributed by atoms with Gasteiger partial charge in [-0.05, 0) is 38.5 Å². The summed E-state index contributed by atoms with van der Waals surface area (Å²) in [6.07, 6.45) is 26.0. The van der Waals surface area contributed by atoms with Crippen molar-refractivity contribution in [2.75, 3.05) is 19.6 Å². The zero-order valence-electron chi connectivity index (χ0n) is 20.4. The van der Waals surface area contributed by atoms with Crippen LogP contribution in [0.3, 0.4) is 0 Å². The Morgan fingerprint density at radius 2 is 0.667 bits per heavy atom. The minimum absolute atomic E-state index is 1.37. The molecular weight excluding hydrogens is 464 g/mol. The summed E-state index contributed by atoms with van der Waals surface area (Å²) < 4.78 is 34.5. The summed E-state index contributed by atoms with van der Waals surface area (Å²) in [5.74, 6) is 0. The molecule has 184 valence electrons. The molecule has 1 N–H and O–H groups in total. The van der Waals surface area contributed by atoms with Gasteiger partial charge in [-0.2, -0.15) is 0 Å². The van der Waals surface area contributed by atoms with E-state index in [9.17, 15) is 0 Å². The molecule has 0 aliphatic carbocycles. The normalized spacial score (nSPS) is 11.5. The Balaban J connectivity index is 0. The van der Waals surface area contributed by atoms with Crippen LogP contribution in [-0.4, -0.2) is 19.6 Å². The van der Waals surface area contributed by atoms with Gasteiger partial charge in [-0.25, -0.2) is 0 Å². The molecule has 0 aromatic rings. The fourth-order valence-corrected chi connectivity index (χ4v) is 3.84. The maximum absolute atomic E-state index is 8.62. The average Bonchev–Trinajstić information content (AvgIpc) is 2.68. The molecule has 0 heterocycles. The van der Waals surface area contributed by atoms with E-state index in [4.69, 9.17) is 14.4 Å². The van der Waals surface area contributed by atoms with Gasteiger partial charge in [0.2, 0.25) is 0 Å². The second-order valence-electron chi connectivity index (χ2n) is 8.68. The van der Waals surface area contributed by atoms with E-state index in [1.165, 1.54) is 135 Å². The molecule has 0 rings (SSSR count). The monoisotopic (exact) mass is 515 g/mol. The van der Waals surface area contributed by atoms with Crippen LogP contribution < -0.4 is 8.76 Å². The fraction of sp³-hybridized carbons (Fsp3) is 1.00. The average molecular weight is 517 g/mol. The van der Waals surface area contributed by atoms with Crippen LogP contribution in [0.25, 0.3) is 0 Å². The van der Waals surface area contributed by atoms with Crippen LogP contribution in [0.15, 0.2) is 0 Å². The van der Waals surface area contributed by atoms with Gasteiger partial charge < -0.3 is 4.90 Å². The summed E-state index contributed by atoms with van der Waals surface area (Å²) in [6, 6.07) is 0. The van der Waals surface area contributed by atoms with E-state index in [0.717, 1.165) is 0 Å². The molecule has 0 amide bonds. The second-order valence-corrected chi connectivity index (χ2v) is 10.5. The molecule has 0 aromatic carbocycles. The van der Waals surface area contributed by atoms with E-state index in [1.807, 2.05) is 4.90 Å². The van der Waals surface area contributed by atoms with Gasteiger partial charge in [-0.1, -0.05) is 97.8 Å². The molecule has 0 aromatic heterocycles. The third-order valence-corrected chi connectivity index (χ3v) is 5.65. The van der Waals surface area contributed by atoms with Crippen molar-refractivity contribution < 1.29 is 34.8 Å². The summed E-state index contributed by atoms with van der Waals surface area (Å²) >= 11 is -5.94. The number of hydrogen-bond acceptors (Lipinski definition) is 4. The number of rotatable bonds is 21. The molecule has 0 bridgehead atoms. The topological polar surface area (TPSA) is 78.7 Å². The molecule has 0 saturated carbocycles. The van der Waals surface area contributed by atoms with E-state index in [1.54, 1.807) is 0 Å². The fourth-order valence-electron chi connectivity index (χ4n) is 3.84. The molecule has 6 heteroatoms. The van der Waals surface area contributed by atoms with Gasteiger partial charge in [0.15, 0.2) is 0 Å². The summed E-state index contributed by atoms with van der Waals surface area (Å²) in [6.45, 7) is 11.3. The van der Waals surface area contributed by atoms with Crippen molar-refractivity contribution >= 4 is 0 Å². The zero-order chi connectivity index (χ0) is 22.9. The van der Waals surface area contributed by atoms with Crippen molar-refractivity contribution in [3.8, 4) is 0 Å². The standard InChI is InChI=1S/C24H51N.4O.Tc/c1-4-7-10-13-16-19-22-25(23-20-17-14-11-8-5-2)24-21-18-15-12-9-6-3;;;;;/h4-24H2,1-3H3;;;;;/q;;;;-1;/p+1. The molecule has 0 aliphatic heterocycles. The van der Waals surface area contributed by atoms with Crippen LogP contribution in [0.2, 0.25) is 0 Å². The van der Waals surface area contributed by atoms with Gasteiger partial charge in [0.25, 0.3) is 0 Å². The van der Waals surface area contributed by atoms with Crippen LogP contribution in [0, 0.1) is 0 Å². The summed E-state index contributed by atoms with van der Waals surface area (Å²) in [4.78, 5) is 1.92. The minimum atomic E-state index is -5.94. The number of hydrogen-bond donors (Lipinski definition) is 1. The number of nitrogens with one attached hydrogen (secondary N) is 1. The first-order chi connectivity index (χ1) is 14.3. The van der Waals surface area contributed by atoms with Crippen LogP contribution in [0.5, 0.6) is 0 Å². The van der Waals surface area contributed by atoms with Crippen molar-refractivity contribution in [3.63, 3.8) is 0 Å². The summed E-state index contributed by atoms with van der Waals surface area (Å²) in [5.41, 5.74) is 0. The molecular formula is C24H52NO4Tc. The Hall–Kier alpha value is -0.0306. The Labute approximate surface area is 190 Å². The van der Waals surface area contributed by atoms with Gasteiger partial charge in [0.1, 0.15) is 0 Å². The molecule has 0 unspecified atom stereocenters. The SMILES string of the molecule is CCCCCCCC[NH+](CCCCCCCC)CCCCCCCC.[O]=[Tc](=[O])(=[O])[O-]. The van der Waals surface area contributed by atoms with Crippen molar-refractivity contribution in [1.29, 1.82) is 0 Å². The zero-order valence-corrected chi connectivity index (χ0v) is 22.2. The van der Waals surface area contributed by atoms with E-state index in [2.05, 4.69) is 20.8 Å². The van der Waals surface area contributed by atoms with Gasteiger partial charge in [0.05, 0.1) is 19.6 Å². The predicted octanol–water partition coefficient (Wildman–Crippen LogP) is 5.40. The van der Waals surface area contributed by atoms with Crippen LogP contribution in [-0.2, 0) is 26.0 Å². The Morgan fingerprint density at radius 3 is 0.900 bits per heavy atom. The van der Waals surface area contributed by atoms with Gasteiger partial charge in [-0.3, -0.25) is 0 Å². The van der Waals surface area contributed by atoms with Gasteiger partial charge in [-0.15, -0.1) is 0 Å². The number of quaternary nitrogens is 1. The third-order valence-electron chi connectivity index (χ3n) is 5.65. The predicted molar refractivity (Wildman–Crippen MR) is 118 cm³/mol. The van der Waals surface area contributed by atoms with Crippen LogP contribution >= 0.6 is 0 Å².